The zero-order chi connectivity index (χ0) is 14.6. The summed E-state index contributed by atoms with van der Waals surface area (Å²) in [4.78, 5) is 13.9. The van der Waals surface area contributed by atoms with E-state index in [1.165, 1.54) is 11.5 Å². The van der Waals surface area contributed by atoms with Crippen molar-refractivity contribution in [2.45, 2.75) is 32.4 Å². The number of hydrogen-bond donors (Lipinski definition) is 1. The Bertz CT molecular complexity index is 329. The summed E-state index contributed by atoms with van der Waals surface area (Å²) in [6.45, 7) is 9.20. The summed E-state index contributed by atoms with van der Waals surface area (Å²) in [7, 11) is 0. The molecule has 6 heteroatoms. The van der Waals surface area contributed by atoms with E-state index in [-0.39, 0.29) is 12.1 Å². The molecule has 20 heavy (non-hydrogen) atoms. The first-order valence-corrected chi connectivity index (χ1v) is 8.46. The number of nitrogens with one attached hydrogen (secondary N) is 1. The second-order valence-electron chi connectivity index (χ2n) is 6.51. The van der Waals surface area contributed by atoms with Crippen LogP contribution in [0.5, 0.6) is 0 Å². The number of rotatable bonds is 3. The first kappa shape index (κ1) is 15.9. The van der Waals surface area contributed by atoms with E-state index in [0.717, 1.165) is 12.5 Å². The van der Waals surface area contributed by atoms with Gasteiger partial charge in [0.2, 0.25) is 0 Å². The van der Waals surface area contributed by atoms with Gasteiger partial charge in [-0.25, -0.2) is 4.79 Å². The van der Waals surface area contributed by atoms with E-state index >= 15 is 0 Å². The van der Waals surface area contributed by atoms with Crippen LogP contribution in [0.1, 0.15) is 20.8 Å². The second kappa shape index (κ2) is 7.00. The molecule has 0 bridgehead atoms. The quantitative estimate of drug-likeness (QED) is 0.858. The molecule has 1 unspecified atom stereocenters. The Labute approximate surface area is 125 Å². The molecule has 116 valence electrons. The maximum absolute atomic E-state index is 12.1. The van der Waals surface area contributed by atoms with Crippen molar-refractivity contribution >= 4 is 17.9 Å². The lowest BCUT2D eigenvalue weighted by molar-refractivity contribution is 0.0238. The summed E-state index contributed by atoms with van der Waals surface area (Å²) in [6, 6.07) is 0.204. The number of ether oxygens (including phenoxy) is 2. The Morgan fingerprint density at radius 3 is 2.80 bits per heavy atom. The fourth-order valence-electron chi connectivity index (χ4n) is 2.16. The van der Waals surface area contributed by atoms with Crippen molar-refractivity contribution in [1.29, 1.82) is 0 Å². The number of hydrogen-bond acceptors (Lipinski definition) is 5. The van der Waals surface area contributed by atoms with Crippen LogP contribution in [-0.2, 0) is 9.47 Å². The van der Waals surface area contributed by atoms with Gasteiger partial charge in [0.1, 0.15) is 5.60 Å². The van der Waals surface area contributed by atoms with E-state index in [0.29, 0.717) is 26.3 Å². The molecule has 1 N–H and O–H groups in total. The molecule has 2 rings (SSSR count). The Balaban J connectivity index is 1.80. The summed E-state index contributed by atoms with van der Waals surface area (Å²) in [5, 5.41) is 3.52. The second-order valence-corrected chi connectivity index (χ2v) is 7.58. The normalized spacial score (nSPS) is 24.9. The molecule has 1 amide bonds. The smallest absolute Gasteiger partial charge is 0.410 e. The van der Waals surface area contributed by atoms with Gasteiger partial charge < -0.3 is 19.7 Å². The zero-order valence-corrected chi connectivity index (χ0v) is 13.5. The predicted molar refractivity (Wildman–Crippen MR) is 81.2 cm³/mol. The van der Waals surface area contributed by atoms with Gasteiger partial charge in [0.15, 0.2) is 0 Å². The van der Waals surface area contributed by atoms with Crippen molar-refractivity contribution in [3.63, 3.8) is 0 Å². The van der Waals surface area contributed by atoms with Crippen LogP contribution in [-0.4, -0.2) is 67.0 Å². The fourth-order valence-corrected chi connectivity index (χ4v) is 2.97. The molecule has 2 aliphatic rings. The number of thioether (sulfide) groups is 1. The molecule has 2 aliphatic heterocycles. The van der Waals surface area contributed by atoms with Crippen molar-refractivity contribution in [2.24, 2.45) is 5.92 Å². The van der Waals surface area contributed by atoms with Crippen LogP contribution in [0.4, 0.5) is 4.79 Å². The van der Waals surface area contributed by atoms with E-state index < -0.39 is 5.60 Å². The molecular weight excluding hydrogens is 276 g/mol. The minimum atomic E-state index is -0.448. The number of carbonyl (C=O) groups is 1. The third-order valence-corrected chi connectivity index (χ3v) is 4.73. The van der Waals surface area contributed by atoms with Crippen molar-refractivity contribution in [3.8, 4) is 0 Å². The third-order valence-electron chi connectivity index (χ3n) is 3.32. The maximum Gasteiger partial charge on any atom is 0.410 e. The third kappa shape index (κ3) is 5.14. The SMILES string of the molecule is CC(C)(C)OC(=O)N1CCOCC(NCC2CSC2)C1. The highest BCUT2D eigenvalue weighted by Crippen LogP contribution is 2.23. The molecule has 2 fully saturated rings. The van der Waals surface area contributed by atoms with Gasteiger partial charge in [0.05, 0.1) is 13.2 Å². The monoisotopic (exact) mass is 302 g/mol. The van der Waals surface area contributed by atoms with E-state index in [4.69, 9.17) is 9.47 Å². The number of nitrogens with zero attached hydrogens (tertiary/aromatic N) is 1. The lowest BCUT2D eigenvalue weighted by Gasteiger charge is -2.30. The van der Waals surface area contributed by atoms with Crippen LogP contribution in [0.25, 0.3) is 0 Å². The van der Waals surface area contributed by atoms with Crippen LogP contribution in [0, 0.1) is 5.92 Å². The molecule has 2 heterocycles. The molecule has 0 aromatic heterocycles. The fraction of sp³-hybridized carbons (Fsp3) is 0.929. The van der Waals surface area contributed by atoms with Gasteiger partial charge in [0.25, 0.3) is 0 Å². The van der Waals surface area contributed by atoms with Gasteiger partial charge in [-0.3, -0.25) is 0 Å². The Morgan fingerprint density at radius 2 is 2.20 bits per heavy atom. The Kier molecular flexibility index (Phi) is 5.57. The summed E-state index contributed by atoms with van der Waals surface area (Å²) < 4.78 is 11.0. The minimum Gasteiger partial charge on any atom is -0.444 e. The van der Waals surface area contributed by atoms with Crippen molar-refractivity contribution in [3.05, 3.63) is 0 Å². The van der Waals surface area contributed by atoms with Crippen LogP contribution >= 0.6 is 11.8 Å². The summed E-state index contributed by atoms with van der Waals surface area (Å²) in [5.74, 6) is 3.27. The minimum absolute atomic E-state index is 0.204. The Morgan fingerprint density at radius 1 is 1.45 bits per heavy atom. The average Bonchev–Trinajstić information content (AvgIpc) is 2.50. The summed E-state index contributed by atoms with van der Waals surface area (Å²) in [5.41, 5.74) is -0.448. The highest BCUT2D eigenvalue weighted by atomic mass is 32.2. The molecule has 1 atom stereocenters. The zero-order valence-electron chi connectivity index (χ0n) is 12.7. The van der Waals surface area contributed by atoms with Gasteiger partial charge >= 0.3 is 6.09 Å². The van der Waals surface area contributed by atoms with Crippen LogP contribution < -0.4 is 5.32 Å². The molecule has 0 aliphatic carbocycles. The van der Waals surface area contributed by atoms with Gasteiger partial charge in [-0.2, -0.15) is 11.8 Å². The van der Waals surface area contributed by atoms with Gasteiger partial charge in [-0.1, -0.05) is 0 Å². The molecular formula is C14H26N2O3S. The van der Waals surface area contributed by atoms with Crippen molar-refractivity contribution < 1.29 is 14.3 Å². The predicted octanol–water partition coefficient (Wildman–Crippen LogP) is 1.57. The van der Waals surface area contributed by atoms with Crippen molar-refractivity contribution in [1.82, 2.24) is 10.2 Å². The van der Waals surface area contributed by atoms with Crippen LogP contribution in [0.3, 0.4) is 0 Å². The summed E-state index contributed by atoms with van der Waals surface area (Å²) in [6.07, 6.45) is -0.242. The van der Waals surface area contributed by atoms with Crippen molar-refractivity contribution in [2.75, 3.05) is 44.4 Å². The first-order valence-electron chi connectivity index (χ1n) is 7.31. The molecule has 0 aromatic carbocycles. The highest BCUT2D eigenvalue weighted by molar-refractivity contribution is 8.00. The number of carbonyl (C=O) groups excluding carboxylic acids is 1. The van der Waals surface area contributed by atoms with Crippen LogP contribution in [0.2, 0.25) is 0 Å². The van der Waals surface area contributed by atoms with E-state index in [9.17, 15) is 4.79 Å². The Hall–Kier alpha value is -0.460. The number of amides is 1. The molecule has 0 spiro atoms. The van der Waals surface area contributed by atoms with E-state index in [1.54, 1.807) is 4.90 Å². The molecule has 5 nitrogen and oxygen atoms in total. The first-order chi connectivity index (χ1) is 9.44. The van der Waals surface area contributed by atoms with Gasteiger partial charge in [-0.15, -0.1) is 0 Å². The van der Waals surface area contributed by atoms with Gasteiger partial charge in [0, 0.05) is 19.1 Å². The van der Waals surface area contributed by atoms with E-state index in [2.05, 4.69) is 5.32 Å². The topological polar surface area (TPSA) is 50.8 Å². The summed E-state index contributed by atoms with van der Waals surface area (Å²) >= 11 is 1.99. The van der Waals surface area contributed by atoms with Gasteiger partial charge in [-0.05, 0) is 44.7 Å². The molecule has 0 aromatic rings. The molecule has 0 radical (unpaired) electrons. The maximum atomic E-state index is 12.1. The lowest BCUT2D eigenvalue weighted by atomic mass is 10.2. The largest absolute Gasteiger partial charge is 0.444 e. The molecule has 2 saturated heterocycles. The van der Waals surface area contributed by atoms with E-state index in [1.807, 2.05) is 32.5 Å². The lowest BCUT2D eigenvalue weighted by Crippen LogP contribution is -2.47. The molecule has 0 saturated carbocycles. The highest BCUT2D eigenvalue weighted by Gasteiger charge is 2.27. The average molecular weight is 302 g/mol. The van der Waals surface area contributed by atoms with Crippen LogP contribution in [0.15, 0.2) is 0 Å². The standard InChI is InChI=1S/C14H26N2O3S/c1-14(2,3)19-13(17)16-4-5-18-8-12(7-16)15-6-11-9-20-10-11/h11-12,15H,4-10H2,1-3H3.